The molecule has 1 N–H and O–H groups in total. The highest BCUT2D eigenvalue weighted by Crippen LogP contribution is 2.26. The van der Waals surface area contributed by atoms with Crippen molar-refractivity contribution < 1.29 is 18.7 Å². The molecule has 1 saturated heterocycles. The van der Waals surface area contributed by atoms with E-state index < -0.39 is 17.7 Å². The zero-order chi connectivity index (χ0) is 16.2. The van der Waals surface area contributed by atoms with E-state index in [1.165, 1.54) is 4.90 Å². The lowest BCUT2D eigenvalue weighted by molar-refractivity contribution is -0.153. The predicted molar refractivity (Wildman–Crippen MR) is 80.6 cm³/mol. The Morgan fingerprint density at radius 2 is 2.18 bits per heavy atom. The van der Waals surface area contributed by atoms with Gasteiger partial charge in [-0.2, -0.15) is 0 Å². The molecule has 1 aliphatic heterocycles. The number of alkyl halides is 1. The van der Waals surface area contributed by atoms with Crippen LogP contribution in [-0.4, -0.2) is 49.3 Å². The second-order valence-electron chi connectivity index (χ2n) is 5.20. The Kier molecular flexibility index (Phi) is 5.24. The molecule has 0 aromatic heterocycles. The maximum absolute atomic E-state index is 14.2. The topological polar surface area (TPSA) is 58.6 Å². The summed E-state index contributed by atoms with van der Waals surface area (Å²) in [6.45, 7) is 0.289. The van der Waals surface area contributed by atoms with Gasteiger partial charge in [0, 0.05) is 24.5 Å². The van der Waals surface area contributed by atoms with Gasteiger partial charge in [-0.15, -0.1) is 0 Å². The van der Waals surface area contributed by atoms with Gasteiger partial charge in [0.1, 0.15) is 0 Å². The van der Waals surface area contributed by atoms with Gasteiger partial charge in [0.25, 0.3) is 0 Å². The van der Waals surface area contributed by atoms with Crippen LogP contribution in [0.5, 0.6) is 0 Å². The molecule has 0 saturated carbocycles. The number of esters is 1. The molecule has 120 valence electrons. The van der Waals surface area contributed by atoms with Gasteiger partial charge in [-0.25, -0.2) is 14.0 Å². The lowest BCUT2D eigenvalue weighted by atomic mass is 10.1. The summed E-state index contributed by atoms with van der Waals surface area (Å²) in [7, 11) is 1.13. The van der Waals surface area contributed by atoms with E-state index in [0.717, 1.165) is 12.7 Å². The van der Waals surface area contributed by atoms with Crippen molar-refractivity contribution in [2.75, 3.05) is 26.7 Å². The standard InChI is InChI=1S/C15H18ClFN2O3/c1-22-13(20)15(17)7-9-19(10-15)14(21)18-8-6-11-4-2-3-5-12(11)16/h2-5H,6-10H2,1H3,(H,18,21)/t15-/m0/s1. The molecular formula is C15H18ClFN2O3. The Balaban J connectivity index is 1.82. The van der Waals surface area contributed by atoms with Crippen LogP contribution in [0.15, 0.2) is 24.3 Å². The van der Waals surface area contributed by atoms with Crippen molar-refractivity contribution in [2.45, 2.75) is 18.5 Å². The number of nitrogens with zero attached hydrogens (tertiary/aromatic N) is 1. The number of rotatable bonds is 4. The minimum absolute atomic E-state index is 0.0440. The van der Waals surface area contributed by atoms with Crippen molar-refractivity contribution >= 4 is 23.6 Å². The maximum Gasteiger partial charge on any atom is 0.345 e. The molecule has 5 nitrogen and oxygen atoms in total. The first kappa shape index (κ1) is 16.5. The van der Waals surface area contributed by atoms with Crippen molar-refractivity contribution in [2.24, 2.45) is 0 Å². The molecule has 0 radical (unpaired) electrons. The van der Waals surface area contributed by atoms with Gasteiger partial charge in [0.15, 0.2) is 0 Å². The smallest absolute Gasteiger partial charge is 0.345 e. The number of likely N-dealkylation sites (tertiary alicyclic amines) is 1. The van der Waals surface area contributed by atoms with E-state index in [0.29, 0.717) is 18.0 Å². The Labute approximate surface area is 133 Å². The number of halogens is 2. The molecule has 0 aliphatic carbocycles. The lowest BCUT2D eigenvalue weighted by Gasteiger charge is -2.19. The van der Waals surface area contributed by atoms with Crippen LogP contribution in [0.4, 0.5) is 9.18 Å². The molecule has 22 heavy (non-hydrogen) atoms. The number of carbonyl (C=O) groups excluding carboxylic acids is 2. The molecule has 1 aromatic rings. The molecule has 1 heterocycles. The number of hydrogen-bond acceptors (Lipinski definition) is 3. The van der Waals surface area contributed by atoms with Crippen molar-refractivity contribution in [3.05, 3.63) is 34.9 Å². The zero-order valence-corrected chi connectivity index (χ0v) is 13.0. The van der Waals surface area contributed by atoms with Gasteiger partial charge < -0.3 is 15.0 Å². The van der Waals surface area contributed by atoms with Crippen molar-refractivity contribution in [3.63, 3.8) is 0 Å². The predicted octanol–water partition coefficient (Wildman–Crippen LogP) is 2.18. The fraction of sp³-hybridized carbons (Fsp3) is 0.467. The van der Waals surface area contributed by atoms with Gasteiger partial charge in [-0.05, 0) is 18.1 Å². The first-order valence-corrected chi connectivity index (χ1v) is 7.37. The average molecular weight is 329 g/mol. The summed E-state index contributed by atoms with van der Waals surface area (Å²) in [5.74, 6) is -0.932. The van der Waals surface area contributed by atoms with Crippen LogP contribution in [0.25, 0.3) is 0 Å². The minimum atomic E-state index is -2.10. The number of amides is 2. The summed E-state index contributed by atoms with van der Waals surface area (Å²) in [5, 5.41) is 3.35. The first-order valence-electron chi connectivity index (χ1n) is 7.00. The van der Waals surface area contributed by atoms with E-state index in [4.69, 9.17) is 11.6 Å². The Bertz CT molecular complexity index is 569. The zero-order valence-electron chi connectivity index (χ0n) is 12.3. The van der Waals surface area contributed by atoms with Crippen LogP contribution in [0.1, 0.15) is 12.0 Å². The maximum atomic E-state index is 14.2. The fourth-order valence-electron chi connectivity index (χ4n) is 2.41. The Morgan fingerprint density at radius 1 is 1.45 bits per heavy atom. The van der Waals surface area contributed by atoms with E-state index in [-0.39, 0.29) is 19.5 Å². The van der Waals surface area contributed by atoms with E-state index in [1.807, 2.05) is 18.2 Å². The monoisotopic (exact) mass is 328 g/mol. The van der Waals surface area contributed by atoms with Crippen LogP contribution in [0.2, 0.25) is 5.02 Å². The second-order valence-corrected chi connectivity index (χ2v) is 5.61. The van der Waals surface area contributed by atoms with Crippen LogP contribution in [0, 0.1) is 0 Å². The van der Waals surface area contributed by atoms with Crippen molar-refractivity contribution in [1.29, 1.82) is 0 Å². The number of urea groups is 1. The third kappa shape index (κ3) is 3.68. The number of methoxy groups -OCH3 is 1. The fourth-order valence-corrected chi connectivity index (χ4v) is 2.64. The normalized spacial score (nSPS) is 20.8. The van der Waals surface area contributed by atoms with Crippen molar-refractivity contribution in [3.8, 4) is 0 Å². The molecule has 1 aliphatic rings. The van der Waals surface area contributed by atoms with Gasteiger partial charge in [-0.3, -0.25) is 0 Å². The van der Waals surface area contributed by atoms with Gasteiger partial charge in [-0.1, -0.05) is 29.8 Å². The summed E-state index contributed by atoms with van der Waals surface area (Å²) in [6, 6.07) is 6.98. The summed E-state index contributed by atoms with van der Waals surface area (Å²) < 4.78 is 18.7. The average Bonchev–Trinajstić information content (AvgIpc) is 2.92. The molecule has 1 aromatic carbocycles. The SMILES string of the molecule is COC(=O)[C@]1(F)CCN(C(=O)NCCc2ccccc2Cl)C1. The highest BCUT2D eigenvalue weighted by Gasteiger charge is 2.47. The van der Waals surface area contributed by atoms with Gasteiger partial charge in [0.05, 0.1) is 13.7 Å². The third-order valence-corrected chi connectivity index (χ3v) is 4.06. The molecular weight excluding hydrogens is 311 g/mol. The summed E-state index contributed by atoms with van der Waals surface area (Å²) in [6.07, 6.45) is 0.536. The number of nitrogens with one attached hydrogen (secondary N) is 1. The molecule has 0 bridgehead atoms. The molecule has 2 rings (SSSR count). The number of ether oxygens (including phenoxy) is 1. The number of hydrogen-bond donors (Lipinski definition) is 1. The highest BCUT2D eigenvalue weighted by molar-refractivity contribution is 6.31. The second kappa shape index (κ2) is 6.96. The van der Waals surface area contributed by atoms with Gasteiger partial charge >= 0.3 is 12.0 Å². The van der Waals surface area contributed by atoms with Crippen molar-refractivity contribution in [1.82, 2.24) is 10.2 Å². The Morgan fingerprint density at radius 3 is 2.86 bits per heavy atom. The molecule has 7 heteroatoms. The largest absolute Gasteiger partial charge is 0.467 e. The Hall–Kier alpha value is -1.82. The molecule has 0 spiro atoms. The van der Waals surface area contributed by atoms with Crippen LogP contribution >= 0.6 is 11.6 Å². The molecule has 2 amide bonds. The van der Waals surface area contributed by atoms with Crippen LogP contribution < -0.4 is 5.32 Å². The van der Waals surface area contributed by atoms with Crippen LogP contribution in [0.3, 0.4) is 0 Å². The van der Waals surface area contributed by atoms with E-state index in [2.05, 4.69) is 10.1 Å². The quantitative estimate of drug-likeness (QED) is 0.862. The highest BCUT2D eigenvalue weighted by atomic mass is 35.5. The molecule has 0 unspecified atom stereocenters. The first-order chi connectivity index (χ1) is 10.5. The van der Waals surface area contributed by atoms with Gasteiger partial charge in [0.2, 0.25) is 5.67 Å². The lowest BCUT2D eigenvalue weighted by Crippen LogP contribution is -2.43. The molecule has 1 fully saturated rings. The summed E-state index contributed by atoms with van der Waals surface area (Å²) >= 11 is 6.03. The summed E-state index contributed by atoms with van der Waals surface area (Å²) in [4.78, 5) is 24.6. The number of benzene rings is 1. The molecule has 1 atom stereocenters. The van der Waals surface area contributed by atoms with E-state index in [9.17, 15) is 14.0 Å². The van der Waals surface area contributed by atoms with Crippen LogP contribution in [-0.2, 0) is 16.0 Å². The van der Waals surface area contributed by atoms with E-state index in [1.54, 1.807) is 6.07 Å². The number of carbonyl (C=O) groups is 2. The van der Waals surface area contributed by atoms with E-state index >= 15 is 0 Å². The summed E-state index contributed by atoms with van der Waals surface area (Å²) in [5.41, 5.74) is -1.17. The minimum Gasteiger partial charge on any atom is -0.467 e. The third-order valence-electron chi connectivity index (χ3n) is 3.69.